The molecule has 0 aromatic heterocycles. The van der Waals surface area contributed by atoms with Gasteiger partial charge in [0.2, 0.25) is 11.8 Å². The molecule has 188 valence electrons. The SMILES string of the molecule is CCC(=O)N[C@@H](C(=O)N1CC[NH+](C)CC1)[C@@H](C)c1ccc(NC(=O)[C@@H]([NH3+])C2CCCC2)c(F)c1. The highest BCUT2D eigenvalue weighted by Gasteiger charge is 2.34. The van der Waals surface area contributed by atoms with Gasteiger partial charge in [0.25, 0.3) is 5.91 Å². The highest BCUT2D eigenvalue weighted by molar-refractivity contribution is 5.94. The highest BCUT2D eigenvalue weighted by atomic mass is 19.1. The maximum atomic E-state index is 15.0. The number of carbonyl (C=O) groups is 3. The molecule has 1 aliphatic carbocycles. The summed E-state index contributed by atoms with van der Waals surface area (Å²) < 4.78 is 15.0. The summed E-state index contributed by atoms with van der Waals surface area (Å²) in [5.41, 5.74) is 4.70. The molecule has 2 fully saturated rings. The van der Waals surface area contributed by atoms with Crippen molar-refractivity contribution in [2.75, 3.05) is 38.5 Å². The second-order valence-corrected chi connectivity index (χ2v) is 9.85. The van der Waals surface area contributed by atoms with Crippen LogP contribution >= 0.6 is 0 Å². The van der Waals surface area contributed by atoms with Gasteiger partial charge in [-0.15, -0.1) is 0 Å². The van der Waals surface area contributed by atoms with E-state index in [2.05, 4.69) is 23.4 Å². The number of carbonyl (C=O) groups excluding carboxylic acids is 3. The summed E-state index contributed by atoms with van der Waals surface area (Å²) in [6.45, 7) is 6.51. The fraction of sp³-hybridized carbons (Fsp3) is 0.640. The van der Waals surface area contributed by atoms with E-state index in [9.17, 15) is 18.8 Å². The van der Waals surface area contributed by atoms with Crippen LogP contribution < -0.4 is 21.3 Å². The molecule has 2 aliphatic rings. The Morgan fingerprint density at radius 2 is 1.85 bits per heavy atom. The number of rotatable bonds is 8. The first-order chi connectivity index (χ1) is 16.2. The molecule has 8 nitrogen and oxygen atoms in total. The second kappa shape index (κ2) is 11.8. The van der Waals surface area contributed by atoms with Crippen molar-refractivity contribution in [1.82, 2.24) is 10.2 Å². The zero-order chi connectivity index (χ0) is 24.8. The average Bonchev–Trinajstić information content (AvgIpc) is 3.37. The van der Waals surface area contributed by atoms with Gasteiger partial charge in [0.1, 0.15) is 11.9 Å². The predicted molar refractivity (Wildman–Crippen MR) is 128 cm³/mol. The molecular formula is C25H40FN5O3+2. The second-order valence-electron chi connectivity index (χ2n) is 9.85. The quantitative estimate of drug-likeness (QED) is 0.420. The molecule has 3 atom stereocenters. The topological polar surface area (TPSA) is 111 Å². The molecule has 1 saturated carbocycles. The van der Waals surface area contributed by atoms with Crippen LogP contribution in [0.25, 0.3) is 0 Å². The van der Waals surface area contributed by atoms with Crippen LogP contribution in [0.4, 0.5) is 10.1 Å². The van der Waals surface area contributed by atoms with Crippen LogP contribution in [0, 0.1) is 11.7 Å². The van der Waals surface area contributed by atoms with Crippen molar-refractivity contribution in [3.05, 3.63) is 29.6 Å². The van der Waals surface area contributed by atoms with E-state index in [1.807, 2.05) is 6.92 Å². The number of nitrogens with zero attached hydrogens (tertiary/aromatic N) is 1. The molecule has 9 heteroatoms. The number of piperazine rings is 1. The summed E-state index contributed by atoms with van der Waals surface area (Å²) in [6.07, 6.45) is 4.43. The monoisotopic (exact) mass is 477 g/mol. The van der Waals surface area contributed by atoms with Gasteiger partial charge in [-0.25, -0.2) is 4.39 Å². The number of halogens is 1. The summed E-state index contributed by atoms with van der Waals surface area (Å²) in [5.74, 6) is -1.39. The number of nitrogens with one attached hydrogen (secondary N) is 3. The molecule has 1 aromatic rings. The maximum absolute atomic E-state index is 15.0. The van der Waals surface area contributed by atoms with Crippen molar-refractivity contribution in [3.8, 4) is 0 Å². The van der Waals surface area contributed by atoms with Crippen molar-refractivity contribution in [2.24, 2.45) is 5.92 Å². The van der Waals surface area contributed by atoms with Crippen LogP contribution in [0.3, 0.4) is 0 Å². The molecule has 0 spiro atoms. The molecule has 3 amide bonds. The summed E-state index contributed by atoms with van der Waals surface area (Å²) >= 11 is 0. The number of benzene rings is 1. The van der Waals surface area contributed by atoms with Crippen molar-refractivity contribution >= 4 is 23.4 Å². The van der Waals surface area contributed by atoms with Crippen LogP contribution in [-0.4, -0.2) is 67.9 Å². The van der Waals surface area contributed by atoms with Gasteiger partial charge in [-0.2, -0.15) is 0 Å². The van der Waals surface area contributed by atoms with E-state index in [1.54, 1.807) is 17.9 Å². The van der Waals surface area contributed by atoms with Crippen molar-refractivity contribution in [1.29, 1.82) is 0 Å². The lowest BCUT2D eigenvalue weighted by atomic mass is 9.91. The molecular weight excluding hydrogens is 437 g/mol. The number of anilines is 1. The van der Waals surface area contributed by atoms with Crippen LogP contribution in [0.1, 0.15) is 57.4 Å². The van der Waals surface area contributed by atoms with E-state index in [4.69, 9.17) is 0 Å². The third-order valence-corrected chi connectivity index (χ3v) is 7.41. The minimum atomic E-state index is -0.780. The zero-order valence-corrected chi connectivity index (χ0v) is 20.7. The smallest absolute Gasteiger partial charge is 0.282 e. The van der Waals surface area contributed by atoms with Crippen molar-refractivity contribution < 1.29 is 29.4 Å². The Bertz CT molecular complexity index is 881. The minimum Gasteiger partial charge on any atom is -0.347 e. The molecule has 6 N–H and O–H groups in total. The summed E-state index contributed by atoms with van der Waals surface area (Å²) in [5, 5.41) is 5.53. The van der Waals surface area contributed by atoms with Gasteiger partial charge in [-0.3, -0.25) is 14.4 Å². The van der Waals surface area contributed by atoms with Crippen molar-refractivity contribution in [3.63, 3.8) is 0 Å². The molecule has 1 heterocycles. The van der Waals surface area contributed by atoms with E-state index in [0.717, 1.165) is 38.8 Å². The summed E-state index contributed by atoms with van der Waals surface area (Å²) in [4.78, 5) is 41.2. The number of likely N-dealkylation sites (N-methyl/N-ethyl adjacent to an activating group) is 1. The number of quaternary nitrogens is 2. The molecule has 0 radical (unpaired) electrons. The van der Waals surface area contributed by atoms with Gasteiger partial charge in [-0.1, -0.05) is 32.8 Å². The third-order valence-electron chi connectivity index (χ3n) is 7.41. The van der Waals surface area contributed by atoms with E-state index in [-0.39, 0.29) is 35.7 Å². The fourth-order valence-electron chi connectivity index (χ4n) is 4.89. The average molecular weight is 478 g/mol. The van der Waals surface area contributed by atoms with Crippen LogP contribution in [-0.2, 0) is 14.4 Å². The lowest BCUT2D eigenvalue weighted by Gasteiger charge is -2.34. The normalized spacial score (nSPS) is 20.0. The number of amides is 3. The fourth-order valence-corrected chi connectivity index (χ4v) is 4.89. The Morgan fingerprint density at radius 1 is 1.21 bits per heavy atom. The molecule has 0 unspecified atom stereocenters. The van der Waals surface area contributed by atoms with Gasteiger partial charge >= 0.3 is 0 Å². The molecule has 3 rings (SSSR count). The zero-order valence-electron chi connectivity index (χ0n) is 20.7. The van der Waals surface area contributed by atoms with E-state index in [0.29, 0.717) is 18.7 Å². The van der Waals surface area contributed by atoms with Gasteiger partial charge in [0.05, 0.1) is 38.9 Å². The summed E-state index contributed by atoms with van der Waals surface area (Å²) in [7, 11) is 2.09. The first-order valence-electron chi connectivity index (χ1n) is 12.5. The number of hydrogen-bond acceptors (Lipinski definition) is 3. The van der Waals surface area contributed by atoms with Crippen LogP contribution in [0.5, 0.6) is 0 Å². The molecule has 1 aromatic carbocycles. The largest absolute Gasteiger partial charge is 0.347 e. The Balaban J connectivity index is 1.73. The first kappa shape index (κ1) is 26.1. The van der Waals surface area contributed by atoms with E-state index in [1.165, 1.54) is 17.0 Å². The summed E-state index contributed by atoms with van der Waals surface area (Å²) in [6, 6.07) is 3.40. The molecule has 1 saturated heterocycles. The van der Waals surface area contributed by atoms with Crippen LogP contribution in [0.2, 0.25) is 0 Å². The Morgan fingerprint density at radius 3 is 2.44 bits per heavy atom. The lowest BCUT2D eigenvalue weighted by Crippen LogP contribution is -3.12. The van der Waals surface area contributed by atoms with Gasteiger partial charge in [-0.05, 0) is 30.5 Å². The predicted octanol–water partition coefficient (Wildman–Crippen LogP) is -0.0799. The van der Waals surface area contributed by atoms with Gasteiger partial charge < -0.3 is 26.2 Å². The highest BCUT2D eigenvalue weighted by Crippen LogP contribution is 2.28. The van der Waals surface area contributed by atoms with Gasteiger partial charge in [0, 0.05) is 18.3 Å². The van der Waals surface area contributed by atoms with Crippen molar-refractivity contribution in [2.45, 2.75) is 64.0 Å². The third kappa shape index (κ3) is 6.33. The van der Waals surface area contributed by atoms with Crippen LogP contribution in [0.15, 0.2) is 18.2 Å². The lowest BCUT2D eigenvalue weighted by molar-refractivity contribution is -0.883. The standard InChI is InChI=1S/C25H38FN5O3/c1-4-21(32)29-23(25(34)31-13-11-30(3)12-14-31)16(2)18-9-10-20(19(26)15-18)28-24(33)22(27)17-7-5-6-8-17/h9-10,15-17,22-23H,4-8,11-14,27H2,1-3H3,(H,28,33)(H,29,32)/p+2/t16-,22-,23+/m0/s1. The van der Waals surface area contributed by atoms with E-state index >= 15 is 0 Å². The molecule has 34 heavy (non-hydrogen) atoms. The van der Waals surface area contributed by atoms with E-state index < -0.39 is 23.8 Å². The Hall–Kier alpha value is -2.52. The number of hydrogen-bond donors (Lipinski definition) is 4. The van der Waals surface area contributed by atoms with Gasteiger partial charge in [0.15, 0.2) is 6.04 Å². The molecule has 1 aliphatic heterocycles. The Labute approximate surface area is 201 Å². The maximum Gasteiger partial charge on any atom is 0.282 e. The minimum absolute atomic E-state index is 0.107. The molecule has 0 bridgehead atoms. The first-order valence-corrected chi connectivity index (χ1v) is 12.5. The Kier molecular flexibility index (Phi) is 9.02.